The van der Waals surface area contributed by atoms with Crippen LogP contribution in [0.4, 0.5) is 0 Å². The minimum atomic E-state index is -0.310. The van der Waals surface area contributed by atoms with E-state index >= 15 is 0 Å². The number of aryl methyl sites for hydroxylation is 1. The monoisotopic (exact) mass is 342 g/mol. The minimum Gasteiger partial charge on any atom is -0.455 e. The molecule has 1 saturated carbocycles. The van der Waals surface area contributed by atoms with Crippen molar-refractivity contribution in [3.8, 4) is 10.8 Å². The van der Waals surface area contributed by atoms with Gasteiger partial charge in [0, 0.05) is 17.4 Å². The van der Waals surface area contributed by atoms with Crippen molar-refractivity contribution in [2.75, 3.05) is 0 Å². The second-order valence-corrected chi connectivity index (χ2v) is 7.03. The maximum absolute atomic E-state index is 12.4. The molecule has 0 N–H and O–H groups in total. The molecule has 0 aliphatic heterocycles. The van der Waals surface area contributed by atoms with Crippen LogP contribution >= 0.6 is 11.3 Å². The first-order chi connectivity index (χ1) is 11.6. The Balaban J connectivity index is 1.44. The van der Waals surface area contributed by atoms with E-state index in [4.69, 9.17) is 9.15 Å². The third-order valence-corrected chi connectivity index (χ3v) is 5.11. The molecule has 1 fully saturated rings. The molecule has 3 aromatic rings. The van der Waals surface area contributed by atoms with Crippen molar-refractivity contribution in [3.05, 3.63) is 52.5 Å². The molecule has 0 aromatic carbocycles. The lowest BCUT2D eigenvalue weighted by molar-refractivity contribution is 0.0467. The van der Waals surface area contributed by atoms with Crippen molar-refractivity contribution in [3.63, 3.8) is 0 Å². The third-order valence-electron chi connectivity index (χ3n) is 4.25. The van der Waals surface area contributed by atoms with Crippen molar-refractivity contribution in [2.45, 2.75) is 39.3 Å². The molecular formula is C18H18N2O3S. The van der Waals surface area contributed by atoms with Crippen molar-refractivity contribution < 1.29 is 13.9 Å². The molecule has 1 aliphatic carbocycles. The Morgan fingerprint density at radius 3 is 3.00 bits per heavy atom. The molecule has 0 unspecified atom stereocenters. The van der Waals surface area contributed by atoms with Gasteiger partial charge in [-0.05, 0) is 44.2 Å². The van der Waals surface area contributed by atoms with Crippen molar-refractivity contribution in [1.82, 2.24) is 9.55 Å². The number of hydrogen-bond donors (Lipinski definition) is 0. The van der Waals surface area contributed by atoms with E-state index in [0.29, 0.717) is 23.2 Å². The highest BCUT2D eigenvalue weighted by molar-refractivity contribution is 7.13. The van der Waals surface area contributed by atoms with Crippen LogP contribution in [0.15, 0.2) is 34.3 Å². The number of rotatable bonds is 5. The fourth-order valence-electron chi connectivity index (χ4n) is 2.98. The highest BCUT2D eigenvalue weighted by Gasteiger charge is 2.28. The molecule has 24 heavy (non-hydrogen) atoms. The van der Waals surface area contributed by atoms with Crippen LogP contribution in [0.1, 0.15) is 46.3 Å². The number of oxazole rings is 1. The van der Waals surface area contributed by atoms with E-state index < -0.39 is 0 Å². The maximum Gasteiger partial charge on any atom is 0.340 e. The summed E-state index contributed by atoms with van der Waals surface area (Å²) in [4.78, 5) is 17.7. The summed E-state index contributed by atoms with van der Waals surface area (Å²) < 4.78 is 13.1. The van der Waals surface area contributed by atoms with Gasteiger partial charge in [0.25, 0.3) is 0 Å². The average Bonchev–Trinajstić information content (AvgIpc) is 3.01. The third kappa shape index (κ3) is 2.78. The second-order valence-electron chi connectivity index (χ2n) is 6.08. The van der Waals surface area contributed by atoms with Crippen LogP contribution in [0.2, 0.25) is 0 Å². The van der Waals surface area contributed by atoms with Crippen LogP contribution in [0, 0.1) is 13.8 Å². The maximum atomic E-state index is 12.4. The van der Waals surface area contributed by atoms with Gasteiger partial charge in [-0.25, -0.2) is 9.78 Å². The van der Waals surface area contributed by atoms with E-state index in [1.165, 1.54) is 19.1 Å². The molecule has 4 rings (SSSR count). The molecule has 5 nitrogen and oxygen atoms in total. The Kier molecular flexibility index (Phi) is 3.76. The van der Waals surface area contributed by atoms with E-state index in [-0.39, 0.29) is 12.6 Å². The fraction of sp³-hybridized carbons (Fsp3) is 0.333. The highest BCUT2D eigenvalue weighted by Crippen LogP contribution is 2.38. The van der Waals surface area contributed by atoms with Gasteiger partial charge in [-0.15, -0.1) is 11.3 Å². The normalized spacial score (nSPS) is 14.1. The minimum absolute atomic E-state index is 0.112. The van der Waals surface area contributed by atoms with Gasteiger partial charge in [-0.3, -0.25) is 0 Å². The number of thiophene rings is 1. The molecule has 3 aromatic heterocycles. The quantitative estimate of drug-likeness (QED) is 0.640. The first-order valence-electron chi connectivity index (χ1n) is 7.97. The van der Waals surface area contributed by atoms with Gasteiger partial charge in [0.1, 0.15) is 18.6 Å². The molecule has 3 heterocycles. The zero-order valence-electron chi connectivity index (χ0n) is 13.6. The van der Waals surface area contributed by atoms with Gasteiger partial charge in [0.05, 0.1) is 10.4 Å². The van der Waals surface area contributed by atoms with Crippen LogP contribution in [-0.4, -0.2) is 15.5 Å². The molecule has 0 atom stereocenters. The van der Waals surface area contributed by atoms with Crippen LogP contribution in [0.3, 0.4) is 0 Å². The first kappa shape index (κ1) is 15.2. The zero-order valence-corrected chi connectivity index (χ0v) is 14.4. The predicted octanol–water partition coefficient (Wildman–Crippen LogP) is 4.51. The average molecular weight is 342 g/mol. The van der Waals surface area contributed by atoms with E-state index in [1.54, 1.807) is 11.3 Å². The fourth-order valence-corrected chi connectivity index (χ4v) is 3.64. The molecule has 1 aliphatic rings. The summed E-state index contributed by atoms with van der Waals surface area (Å²) in [6.07, 6.45) is 3.92. The Labute approximate surface area is 143 Å². The van der Waals surface area contributed by atoms with Gasteiger partial charge in [-0.1, -0.05) is 6.07 Å². The van der Waals surface area contributed by atoms with E-state index in [2.05, 4.69) is 9.55 Å². The molecule has 0 amide bonds. The Hall–Kier alpha value is -2.34. The van der Waals surface area contributed by atoms with E-state index in [1.807, 2.05) is 37.4 Å². The van der Waals surface area contributed by atoms with Crippen molar-refractivity contribution in [1.29, 1.82) is 0 Å². The van der Waals surface area contributed by atoms with Gasteiger partial charge in [-0.2, -0.15) is 0 Å². The SMILES string of the molecule is Cc1cc(C(=O)OCc2coc(-c3cccs3)n2)c(C)n1C1CC1. The number of carbonyl (C=O) groups excluding carboxylic acids is 1. The Morgan fingerprint density at radius 2 is 2.29 bits per heavy atom. The van der Waals surface area contributed by atoms with Gasteiger partial charge in [0.2, 0.25) is 5.89 Å². The summed E-state index contributed by atoms with van der Waals surface area (Å²) in [6, 6.07) is 6.35. The second kappa shape index (κ2) is 5.94. The molecule has 6 heteroatoms. The van der Waals surface area contributed by atoms with Crippen LogP contribution in [0.25, 0.3) is 10.8 Å². The Morgan fingerprint density at radius 1 is 1.46 bits per heavy atom. The van der Waals surface area contributed by atoms with Gasteiger partial charge >= 0.3 is 5.97 Å². The highest BCUT2D eigenvalue weighted by atomic mass is 32.1. The van der Waals surface area contributed by atoms with Crippen LogP contribution in [0.5, 0.6) is 0 Å². The smallest absolute Gasteiger partial charge is 0.340 e. The summed E-state index contributed by atoms with van der Waals surface area (Å²) in [6.45, 7) is 4.13. The molecule has 0 bridgehead atoms. The molecule has 0 saturated heterocycles. The zero-order chi connectivity index (χ0) is 16.7. The largest absolute Gasteiger partial charge is 0.455 e. The molecule has 0 spiro atoms. The number of carbonyl (C=O) groups is 1. The summed E-state index contributed by atoms with van der Waals surface area (Å²) >= 11 is 1.56. The number of hydrogen-bond acceptors (Lipinski definition) is 5. The standard InChI is InChI=1S/C18H18N2O3S/c1-11-8-15(12(2)20(11)14-5-6-14)18(21)23-10-13-9-22-17(19-13)16-4-3-7-24-16/h3-4,7-9,14H,5-6,10H2,1-2H3. The predicted molar refractivity (Wildman–Crippen MR) is 91.1 cm³/mol. The van der Waals surface area contributed by atoms with Gasteiger partial charge < -0.3 is 13.7 Å². The summed E-state index contributed by atoms with van der Waals surface area (Å²) in [5, 5.41) is 1.97. The van der Waals surface area contributed by atoms with Crippen LogP contribution < -0.4 is 0 Å². The van der Waals surface area contributed by atoms with Gasteiger partial charge in [0.15, 0.2) is 0 Å². The summed E-state index contributed by atoms with van der Waals surface area (Å²) in [5.41, 5.74) is 3.35. The van der Waals surface area contributed by atoms with E-state index in [0.717, 1.165) is 16.3 Å². The van der Waals surface area contributed by atoms with Crippen molar-refractivity contribution >= 4 is 17.3 Å². The number of aromatic nitrogens is 2. The number of nitrogens with zero attached hydrogens (tertiary/aromatic N) is 2. The topological polar surface area (TPSA) is 57.3 Å². The Bertz CT molecular complexity index is 872. The number of esters is 1. The molecular weight excluding hydrogens is 324 g/mol. The molecule has 0 radical (unpaired) electrons. The summed E-state index contributed by atoms with van der Waals surface area (Å²) in [5.74, 6) is 0.249. The van der Waals surface area contributed by atoms with Crippen molar-refractivity contribution in [2.24, 2.45) is 0 Å². The first-order valence-corrected chi connectivity index (χ1v) is 8.85. The lowest BCUT2D eigenvalue weighted by Gasteiger charge is -2.07. The summed E-state index contributed by atoms with van der Waals surface area (Å²) in [7, 11) is 0. The number of ether oxygens (including phenoxy) is 1. The lowest BCUT2D eigenvalue weighted by atomic mass is 10.2. The molecule has 124 valence electrons. The van der Waals surface area contributed by atoms with Crippen LogP contribution in [-0.2, 0) is 11.3 Å². The lowest BCUT2D eigenvalue weighted by Crippen LogP contribution is -2.07. The van der Waals surface area contributed by atoms with E-state index in [9.17, 15) is 4.79 Å².